The quantitative estimate of drug-likeness (QED) is 0.686. The molecule has 1 rings (SSSR count). The molecule has 1 N–H and O–H groups in total. The van der Waals surface area contributed by atoms with E-state index in [1.54, 1.807) is 0 Å². The van der Waals surface area contributed by atoms with Gasteiger partial charge in [0.05, 0.1) is 0 Å². The first-order valence-electron chi connectivity index (χ1n) is 6.64. The van der Waals surface area contributed by atoms with E-state index in [2.05, 4.69) is 56.9 Å². The number of nitrogens with one attached hydrogen (secondary N) is 1. The summed E-state index contributed by atoms with van der Waals surface area (Å²) in [4.78, 5) is 0. The molecule has 0 fully saturated rings. The number of benzene rings is 1. The molecule has 0 aliphatic rings. The van der Waals surface area contributed by atoms with Crippen molar-refractivity contribution in [1.29, 1.82) is 0 Å². The van der Waals surface area contributed by atoms with Gasteiger partial charge >= 0.3 is 0 Å². The molecule has 0 bridgehead atoms. The van der Waals surface area contributed by atoms with E-state index in [0.717, 1.165) is 19.4 Å². The summed E-state index contributed by atoms with van der Waals surface area (Å²) in [5.41, 5.74) is 4.03. The van der Waals surface area contributed by atoms with Crippen LogP contribution in [0, 0.1) is 6.92 Å². The maximum Gasteiger partial charge on any atom is 0.0357 e. The van der Waals surface area contributed by atoms with Gasteiger partial charge in [0.25, 0.3) is 0 Å². The Bertz CT molecular complexity index is 354. The van der Waals surface area contributed by atoms with E-state index in [4.69, 9.17) is 0 Å². The molecule has 1 heteroatoms. The van der Waals surface area contributed by atoms with E-state index in [0.29, 0.717) is 6.04 Å². The number of hydrogen-bond donors (Lipinski definition) is 1. The third kappa shape index (κ3) is 4.74. The van der Waals surface area contributed by atoms with Crippen molar-refractivity contribution in [2.45, 2.75) is 46.1 Å². The van der Waals surface area contributed by atoms with Gasteiger partial charge in [-0.3, -0.25) is 0 Å². The fourth-order valence-electron chi connectivity index (χ4n) is 1.95. The van der Waals surface area contributed by atoms with Crippen molar-refractivity contribution in [2.75, 3.05) is 6.54 Å². The van der Waals surface area contributed by atoms with E-state index in [-0.39, 0.29) is 0 Å². The van der Waals surface area contributed by atoms with E-state index < -0.39 is 0 Å². The van der Waals surface area contributed by atoms with Crippen LogP contribution in [0.1, 0.15) is 50.3 Å². The van der Waals surface area contributed by atoms with Gasteiger partial charge in [0.15, 0.2) is 0 Å². The minimum absolute atomic E-state index is 0.419. The monoisotopic (exact) mass is 231 g/mol. The summed E-state index contributed by atoms with van der Waals surface area (Å²) >= 11 is 0. The molecule has 0 spiro atoms. The van der Waals surface area contributed by atoms with Crippen LogP contribution in [0.25, 0.3) is 0 Å². The van der Waals surface area contributed by atoms with E-state index in [9.17, 15) is 0 Å². The van der Waals surface area contributed by atoms with Gasteiger partial charge in [-0.15, -0.1) is 0 Å². The molecular formula is C16H25N. The van der Waals surface area contributed by atoms with Crippen molar-refractivity contribution < 1.29 is 0 Å². The lowest BCUT2D eigenvalue weighted by atomic mass is 9.97. The summed E-state index contributed by atoms with van der Waals surface area (Å²) in [6.45, 7) is 11.7. The van der Waals surface area contributed by atoms with Crippen molar-refractivity contribution in [3.63, 3.8) is 0 Å². The first-order chi connectivity index (χ1) is 8.17. The van der Waals surface area contributed by atoms with Crippen LogP contribution in [-0.2, 0) is 0 Å². The molecule has 0 aromatic heterocycles. The second kappa shape index (κ2) is 7.29. The Hall–Kier alpha value is -1.08. The zero-order valence-corrected chi connectivity index (χ0v) is 11.4. The van der Waals surface area contributed by atoms with Crippen LogP contribution in [0.5, 0.6) is 0 Å². The van der Waals surface area contributed by atoms with Crippen molar-refractivity contribution >= 4 is 0 Å². The zero-order chi connectivity index (χ0) is 12.7. The summed E-state index contributed by atoms with van der Waals surface area (Å²) < 4.78 is 0. The molecule has 1 atom stereocenters. The van der Waals surface area contributed by atoms with Crippen molar-refractivity contribution in [3.05, 3.63) is 47.5 Å². The Labute approximate surface area is 106 Å². The lowest BCUT2D eigenvalue weighted by molar-refractivity contribution is 0.523. The molecule has 1 aromatic rings. The standard InChI is InChI=1S/C16H25N/c1-5-10-17-16(12-13(3)6-2)15-9-7-8-14(4)11-15/h7-9,11,16-17H,3,5-6,10,12H2,1-2,4H3. The van der Waals surface area contributed by atoms with Gasteiger partial charge in [-0.2, -0.15) is 0 Å². The van der Waals surface area contributed by atoms with Crippen LogP contribution in [0.2, 0.25) is 0 Å². The summed E-state index contributed by atoms with van der Waals surface area (Å²) in [7, 11) is 0. The predicted molar refractivity (Wildman–Crippen MR) is 76.3 cm³/mol. The highest BCUT2D eigenvalue weighted by Crippen LogP contribution is 2.22. The lowest BCUT2D eigenvalue weighted by Crippen LogP contribution is -2.22. The van der Waals surface area contributed by atoms with E-state index in [1.807, 2.05) is 0 Å². The average molecular weight is 231 g/mol. The molecule has 17 heavy (non-hydrogen) atoms. The summed E-state index contributed by atoms with van der Waals surface area (Å²) in [5, 5.41) is 3.62. The molecule has 1 aromatic carbocycles. The maximum atomic E-state index is 4.13. The molecule has 0 saturated heterocycles. The normalized spacial score (nSPS) is 12.4. The summed E-state index contributed by atoms with van der Waals surface area (Å²) in [5.74, 6) is 0. The predicted octanol–water partition coefficient (Wildman–Crippen LogP) is 4.39. The molecule has 1 nitrogen and oxygen atoms in total. The second-order valence-corrected chi connectivity index (χ2v) is 4.73. The minimum Gasteiger partial charge on any atom is -0.310 e. The molecule has 0 aliphatic heterocycles. The van der Waals surface area contributed by atoms with Gasteiger partial charge in [-0.1, -0.05) is 55.8 Å². The third-order valence-corrected chi connectivity index (χ3v) is 3.08. The van der Waals surface area contributed by atoms with E-state index in [1.165, 1.54) is 23.1 Å². The molecule has 0 saturated carbocycles. The molecule has 1 unspecified atom stereocenters. The van der Waals surface area contributed by atoms with Gasteiger partial charge in [0.1, 0.15) is 0 Å². The van der Waals surface area contributed by atoms with Gasteiger partial charge in [0, 0.05) is 6.04 Å². The van der Waals surface area contributed by atoms with Crippen LogP contribution in [0.3, 0.4) is 0 Å². The van der Waals surface area contributed by atoms with Crippen molar-refractivity contribution in [3.8, 4) is 0 Å². The van der Waals surface area contributed by atoms with Crippen molar-refractivity contribution in [2.24, 2.45) is 0 Å². The van der Waals surface area contributed by atoms with Crippen LogP contribution in [0.4, 0.5) is 0 Å². The van der Waals surface area contributed by atoms with Gasteiger partial charge in [0.2, 0.25) is 0 Å². The molecule has 0 amide bonds. The minimum atomic E-state index is 0.419. The smallest absolute Gasteiger partial charge is 0.0357 e. The van der Waals surface area contributed by atoms with Gasteiger partial charge < -0.3 is 5.32 Å². The van der Waals surface area contributed by atoms with Crippen LogP contribution >= 0.6 is 0 Å². The topological polar surface area (TPSA) is 12.0 Å². The summed E-state index contributed by atoms with van der Waals surface area (Å²) in [6.07, 6.45) is 3.27. The highest BCUT2D eigenvalue weighted by Gasteiger charge is 2.11. The molecule has 94 valence electrons. The molecule has 0 aliphatic carbocycles. The Morgan fingerprint density at radius 2 is 2.12 bits per heavy atom. The average Bonchev–Trinajstić information content (AvgIpc) is 2.34. The number of aryl methyl sites for hydroxylation is 1. The fraction of sp³-hybridized carbons (Fsp3) is 0.500. The Morgan fingerprint density at radius 3 is 2.71 bits per heavy atom. The highest BCUT2D eigenvalue weighted by molar-refractivity contribution is 5.26. The SMILES string of the molecule is C=C(CC)CC(NCCC)c1cccc(C)c1. The molecule has 0 radical (unpaired) electrons. The van der Waals surface area contributed by atoms with Crippen LogP contribution in [0.15, 0.2) is 36.4 Å². The zero-order valence-electron chi connectivity index (χ0n) is 11.4. The number of hydrogen-bond acceptors (Lipinski definition) is 1. The van der Waals surface area contributed by atoms with Gasteiger partial charge in [-0.05, 0) is 38.3 Å². The fourth-order valence-corrected chi connectivity index (χ4v) is 1.95. The van der Waals surface area contributed by atoms with Crippen LogP contribution < -0.4 is 5.32 Å². The second-order valence-electron chi connectivity index (χ2n) is 4.73. The highest BCUT2D eigenvalue weighted by atomic mass is 14.9. The molecular weight excluding hydrogens is 206 g/mol. The molecule has 0 heterocycles. The first-order valence-corrected chi connectivity index (χ1v) is 6.64. The first kappa shape index (κ1) is 14.0. The van der Waals surface area contributed by atoms with Gasteiger partial charge in [-0.25, -0.2) is 0 Å². The van der Waals surface area contributed by atoms with Crippen molar-refractivity contribution in [1.82, 2.24) is 5.32 Å². The van der Waals surface area contributed by atoms with E-state index >= 15 is 0 Å². The van der Waals surface area contributed by atoms with Crippen LogP contribution in [-0.4, -0.2) is 6.54 Å². The Morgan fingerprint density at radius 1 is 1.35 bits per heavy atom. The number of rotatable bonds is 7. The maximum absolute atomic E-state index is 4.13. The Kier molecular flexibility index (Phi) is 5.99. The lowest BCUT2D eigenvalue weighted by Gasteiger charge is -2.20. The Balaban J connectivity index is 2.77. The third-order valence-electron chi connectivity index (χ3n) is 3.08. The largest absolute Gasteiger partial charge is 0.310 e. The summed E-state index contributed by atoms with van der Waals surface area (Å²) in [6, 6.07) is 9.19.